The lowest BCUT2D eigenvalue weighted by Gasteiger charge is -2.17. The maximum Gasteiger partial charge on any atom is 0.374 e. The Morgan fingerprint density at radius 2 is 1.75 bits per heavy atom. The summed E-state index contributed by atoms with van der Waals surface area (Å²) >= 11 is 0. The molecule has 8 heteroatoms. The number of anilines is 1. The monoisotopic (exact) mass is 435 g/mol. The summed E-state index contributed by atoms with van der Waals surface area (Å²) in [4.78, 5) is 24.1. The first-order valence-corrected chi connectivity index (χ1v) is 10.2. The first kappa shape index (κ1) is 21.2. The van der Waals surface area contributed by atoms with E-state index in [1.165, 1.54) is 0 Å². The molecule has 3 aromatic rings. The molecule has 2 N–H and O–H groups in total. The molecular weight excluding hydrogens is 412 g/mol. The van der Waals surface area contributed by atoms with Crippen LogP contribution in [-0.2, 0) is 16.1 Å². The van der Waals surface area contributed by atoms with Crippen LogP contribution >= 0.6 is 0 Å². The Morgan fingerprint density at radius 3 is 2.53 bits per heavy atom. The highest BCUT2D eigenvalue weighted by Gasteiger charge is 2.27. The van der Waals surface area contributed by atoms with Gasteiger partial charge in [-0.05, 0) is 30.7 Å². The largest absolute Gasteiger partial charge is 0.481 e. The van der Waals surface area contributed by atoms with Gasteiger partial charge in [-0.2, -0.15) is 4.57 Å². The van der Waals surface area contributed by atoms with Gasteiger partial charge in [0.2, 0.25) is 11.5 Å². The summed E-state index contributed by atoms with van der Waals surface area (Å²) in [6.45, 7) is 2.42. The molecule has 0 fully saturated rings. The van der Waals surface area contributed by atoms with Gasteiger partial charge in [0.1, 0.15) is 6.42 Å². The van der Waals surface area contributed by atoms with Crippen LogP contribution in [0.25, 0.3) is 17.2 Å². The van der Waals surface area contributed by atoms with Gasteiger partial charge >= 0.3 is 17.8 Å². The quantitative estimate of drug-likeness (QED) is 0.519. The average molecular weight is 435 g/mol. The number of oxazole rings is 1. The summed E-state index contributed by atoms with van der Waals surface area (Å²) in [5.41, 5.74) is 3.09. The van der Waals surface area contributed by atoms with Crippen molar-refractivity contribution in [2.24, 2.45) is 0 Å². The number of fused-ring (bicyclic) bond motifs is 2. The van der Waals surface area contributed by atoms with Crippen LogP contribution in [0.4, 0.5) is 5.69 Å². The maximum atomic E-state index is 11.1. The van der Waals surface area contributed by atoms with Gasteiger partial charge in [-0.15, -0.1) is 0 Å². The average Bonchev–Trinajstić information content (AvgIpc) is 3.27. The van der Waals surface area contributed by atoms with Crippen LogP contribution in [0.1, 0.15) is 25.7 Å². The van der Waals surface area contributed by atoms with Crippen LogP contribution in [0, 0.1) is 0 Å². The maximum absolute atomic E-state index is 11.1. The number of aromatic nitrogens is 1. The summed E-state index contributed by atoms with van der Waals surface area (Å²) < 4.78 is 13.8. The van der Waals surface area contributed by atoms with Crippen molar-refractivity contribution in [1.29, 1.82) is 0 Å². The van der Waals surface area contributed by atoms with Crippen molar-refractivity contribution < 1.29 is 33.5 Å². The number of aryl methyl sites for hydroxylation is 1. The van der Waals surface area contributed by atoms with E-state index in [-0.39, 0.29) is 25.9 Å². The highest BCUT2D eigenvalue weighted by molar-refractivity contribution is 5.72. The third-order valence-corrected chi connectivity index (χ3v) is 5.07. The number of benzene rings is 2. The molecule has 0 aliphatic carbocycles. The van der Waals surface area contributed by atoms with Gasteiger partial charge in [-0.1, -0.05) is 24.3 Å². The molecule has 32 heavy (non-hydrogen) atoms. The lowest BCUT2D eigenvalue weighted by molar-refractivity contribution is -0.677. The summed E-state index contributed by atoms with van der Waals surface area (Å²) in [6.07, 6.45) is 3.57. The Kier molecular flexibility index (Phi) is 5.93. The molecule has 164 valence electrons. The van der Waals surface area contributed by atoms with Gasteiger partial charge in [0, 0.05) is 18.7 Å². The fourth-order valence-corrected chi connectivity index (χ4v) is 3.63. The molecule has 1 aromatic heterocycles. The SMILES string of the molecule is CC(=Cc1oc2ccccc2[n+]1CCC(=O)O)C=C1Oc2ccccc2N1CCC(=O)O. The normalized spacial score (nSPS) is 14.6. The molecule has 0 atom stereocenters. The number of aliphatic carboxylic acids is 2. The van der Waals surface area contributed by atoms with E-state index in [2.05, 4.69) is 0 Å². The molecule has 0 amide bonds. The summed E-state index contributed by atoms with van der Waals surface area (Å²) in [6, 6.07) is 14.9. The number of hydrogen-bond acceptors (Lipinski definition) is 5. The first-order valence-electron chi connectivity index (χ1n) is 10.2. The number of rotatable bonds is 8. The number of ether oxygens (including phenoxy) is 1. The molecule has 1 aliphatic rings. The van der Waals surface area contributed by atoms with Crippen LogP contribution in [0.5, 0.6) is 5.75 Å². The zero-order chi connectivity index (χ0) is 22.7. The second kappa shape index (κ2) is 8.97. The lowest BCUT2D eigenvalue weighted by Crippen LogP contribution is -2.36. The van der Waals surface area contributed by atoms with Gasteiger partial charge in [0.25, 0.3) is 5.52 Å². The summed E-state index contributed by atoms with van der Waals surface area (Å²) in [5.74, 6) is -0.0634. The van der Waals surface area contributed by atoms with Gasteiger partial charge in [0.05, 0.1) is 18.2 Å². The molecule has 0 radical (unpaired) electrons. The van der Waals surface area contributed by atoms with E-state index >= 15 is 0 Å². The number of carboxylic acids is 2. The highest BCUT2D eigenvalue weighted by Crippen LogP contribution is 2.39. The van der Waals surface area contributed by atoms with Crippen molar-refractivity contribution in [3.05, 3.63) is 72.0 Å². The van der Waals surface area contributed by atoms with Crippen LogP contribution < -0.4 is 14.2 Å². The highest BCUT2D eigenvalue weighted by atomic mass is 16.5. The molecule has 0 bridgehead atoms. The minimum Gasteiger partial charge on any atom is -0.481 e. The van der Waals surface area contributed by atoms with Gasteiger partial charge in [-0.25, -0.2) is 0 Å². The molecule has 0 saturated carbocycles. The van der Waals surface area contributed by atoms with Crippen molar-refractivity contribution in [3.8, 4) is 5.75 Å². The molecule has 2 aromatic carbocycles. The Morgan fingerprint density at radius 1 is 1.03 bits per heavy atom. The standard InChI is InChI=1S/C24H22N2O6/c1-16(14-21-25(12-10-23(27)28)17-6-2-4-8-19(17)31-21)15-22-26(13-11-24(29)30)18-7-3-5-9-20(18)32-22/h2-9,14-15H,10-13H2,1H3,(H-,27,28,29,30)/p+1. The van der Waals surface area contributed by atoms with E-state index < -0.39 is 11.9 Å². The van der Waals surface area contributed by atoms with Crippen LogP contribution in [-0.4, -0.2) is 28.7 Å². The fraction of sp³-hybridized carbons (Fsp3) is 0.208. The Bertz CT molecular complexity index is 1240. The third-order valence-electron chi connectivity index (χ3n) is 5.07. The molecule has 4 rings (SSSR count). The fourth-order valence-electron chi connectivity index (χ4n) is 3.63. The van der Waals surface area contributed by atoms with Crippen molar-refractivity contribution in [1.82, 2.24) is 0 Å². The molecule has 0 saturated heterocycles. The van der Waals surface area contributed by atoms with Crippen LogP contribution in [0.15, 0.2) is 70.5 Å². The van der Waals surface area contributed by atoms with Crippen molar-refractivity contribution in [2.75, 3.05) is 11.4 Å². The second-order valence-electron chi connectivity index (χ2n) is 7.44. The molecule has 1 aliphatic heterocycles. The van der Waals surface area contributed by atoms with E-state index in [1.807, 2.05) is 77.1 Å². The summed E-state index contributed by atoms with van der Waals surface area (Å²) in [7, 11) is 0. The Hall–Kier alpha value is -4.07. The summed E-state index contributed by atoms with van der Waals surface area (Å²) in [5, 5.41) is 18.2. The number of carboxylic acid groups (broad SMARTS) is 2. The van der Waals surface area contributed by atoms with Gasteiger partial charge in [0.15, 0.2) is 12.3 Å². The predicted molar refractivity (Wildman–Crippen MR) is 117 cm³/mol. The third kappa shape index (κ3) is 4.49. The molecule has 0 spiro atoms. The van der Waals surface area contributed by atoms with Gasteiger partial charge in [-0.3, -0.25) is 9.59 Å². The van der Waals surface area contributed by atoms with Crippen molar-refractivity contribution >= 4 is 34.8 Å². The smallest absolute Gasteiger partial charge is 0.374 e. The number of allylic oxidation sites excluding steroid dienone is 2. The second-order valence-corrected chi connectivity index (χ2v) is 7.44. The number of para-hydroxylation sites is 4. The van der Waals surface area contributed by atoms with E-state index in [1.54, 1.807) is 0 Å². The Balaban J connectivity index is 1.68. The molecular formula is C24H23N2O6+. The number of hydrogen-bond donors (Lipinski definition) is 2. The van der Waals surface area contributed by atoms with E-state index in [9.17, 15) is 9.59 Å². The van der Waals surface area contributed by atoms with E-state index in [0.717, 1.165) is 16.8 Å². The number of carbonyl (C=O) groups is 2. The van der Waals surface area contributed by atoms with Crippen LogP contribution in [0.3, 0.4) is 0 Å². The lowest BCUT2D eigenvalue weighted by atomic mass is 10.2. The van der Waals surface area contributed by atoms with Crippen molar-refractivity contribution in [3.63, 3.8) is 0 Å². The number of nitrogens with zero attached hydrogens (tertiary/aromatic N) is 2. The minimum absolute atomic E-state index is 0.0312. The topological polar surface area (TPSA) is 104 Å². The van der Waals surface area contributed by atoms with E-state index in [0.29, 0.717) is 23.1 Å². The van der Waals surface area contributed by atoms with Crippen molar-refractivity contribution in [2.45, 2.75) is 26.3 Å². The Labute approximate surface area is 184 Å². The van der Waals surface area contributed by atoms with E-state index in [4.69, 9.17) is 19.4 Å². The minimum atomic E-state index is -0.886. The molecule has 0 unspecified atom stereocenters. The zero-order valence-electron chi connectivity index (χ0n) is 17.5. The van der Waals surface area contributed by atoms with Gasteiger partial charge < -0.3 is 24.3 Å². The molecule has 8 nitrogen and oxygen atoms in total. The zero-order valence-corrected chi connectivity index (χ0v) is 17.5. The predicted octanol–water partition coefficient (Wildman–Crippen LogP) is 3.81. The first-order chi connectivity index (χ1) is 15.4. The molecule has 2 heterocycles. The van der Waals surface area contributed by atoms with Crippen LogP contribution in [0.2, 0.25) is 0 Å².